The van der Waals surface area contributed by atoms with Gasteiger partial charge in [-0.2, -0.15) is 0 Å². The molecule has 0 saturated heterocycles. The topological polar surface area (TPSA) is 66.5 Å². The van der Waals surface area contributed by atoms with Crippen LogP contribution in [0.15, 0.2) is 76.5 Å². The number of halogens is 1. The molecule has 31 heavy (non-hydrogen) atoms. The number of carbonyl (C=O) groups excluding carboxylic acids is 1. The lowest BCUT2D eigenvalue weighted by molar-refractivity contribution is -0.119. The molecule has 0 atom stereocenters. The van der Waals surface area contributed by atoms with E-state index in [2.05, 4.69) is 5.32 Å². The van der Waals surface area contributed by atoms with Crippen LogP contribution in [-0.4, -0.2) is 33.2 Å². The molecule has 1 amide bonds. The van der Waals surface area contributed by atoms with E-state index in [4.69, 9.17) is 11.6 Å². The molecule has 160 valence electrons. The Bertz CT molecular complexity index is 1230. The van der Waals surface area contributed by atoms with Gasteiger partial charge < -0.3 is 5.32 Å². The van der Waals surface area contributed by atoms with E-state index in [-0.39, 0.29) is 17.3 Å². The SMILES string of the molecule is Cc1ccc2c(c1)-c1ccccc1S(=O)(=O)N2CC(=O)NCCSc1ccc(Cl)cc1. The van der Waals surface area contributed by atoms with E-state index in [1.54, 1.807) is 36.0 Å². The Kier molecular flexibility index (Phi) is 6.27. The summed E-state index contributed by atoms with van der Waals surface area (Å²) in [4.78, 5) is 13.9. The summed E-state index contributed by atoms with van der Waals surface area (Å²) in [5.41, 5.74) is 3.03. The van der Waals surface area contributed by atoms with Gasteiger partial charge in [0, 0.05) is 33.3 Å². The highest BCUT2D eigenvalue weighted by molar-refractivity contribution is 7.99. The maximum absolute atomic E-state index is 13.3. The number of benzene rings is 3. The molecule has 8 heteroatoms. The number of carbonyl (C=O) groups is 1. The normalized spacial score (nSPS) is 13.9. The van der Waals surface area contributed by atoms with E-state index in [1.807, 2.05) is 49.4 Å². The van der Waals surface area contributed by atoms with Crippen molar-refractivity contribution in [2.24, 2.45) is 0 Å². The van der Waals surface area contributed by atoms with Crippen LogP contribution in [0.5, 0.6) is 0 Å². The molecule has 4 rings (SSSR count). The largest absolute Gasteiger partial charge is 0.354 e. The van der Waals surface area contributed by atoms with Gasteiger partial charge in [0.1, 0.15) is 6.54 Å². The lowest BCUT2D eigenvalue weighted by Crippen LogP contribution is -2.43. The third kappa shape index (κ3) is 4.59. The number of rotatable bonds is 6. The van der Waals surface area contributed by atoms with E-state index in [1.165, 1.54) is 4.31 Å². The minimum atomic E-state index is -3.83. The van der Waals surface area contributed by atoms with Gasteiger partial charge in [-0.25, -0.2) is 8.42 Å². The Morgan fingerprint density at radius 3 is 2.55 bits per heavy atom. The van der Waals surface area contributed by atoms with Crippen molar-refractivity contribution in [2.45, 2.75) is 16.7 Å². The van der Waals surface area contributed by atoms with Crippen LogP contribution in [0, 0.1) is 6.92 Å². The summed E-state index contributed by atoms with van der Waals surface area (Å²) in [5.74, 6) is 0.324. The lowest BCUT2D eigenvalue weighted by Gasteiger charge is -2.31. The van der Waals surface area contributed by atoms with Crippen LogP contribution in [0.2, 0.25) is 5.02 Å². The number of amides is 1. The van der Waals surface area contributed by atoms with Crippen molar-refractivity contribution in [3.05, 3.63) is 77.3 Å². The van der Waals surface area contributed by atoms with Gasteiger partial charge in [-0.05, 0) is 49.4 Å². The maximum Gasteiger partial charge on any atom is 0.265 e. The third-order valence-corrected chi connectivity index (χ3v) is 8.04. The second-order valence-electron chi connectivity index (χ2n) is 7.18. The molecule has 0 aliphatic carbocycles. The van der Waals surface area contributed by atoms with E-state index in [0.29, 0.717) is 28.6 Å². The van der Waals surface area contributed by atoms with Crippen LogP contribution >= 0.6 is 23.4 Å². The summed E-state index contributed by atoms with van der Waals surface area (Å²) < 4.78 is 27.7. The first-order valence-electron chi connectivity index (χ1n) is 9.74. The van der Waals surface area contributed by atoms with Gasteiger partial charge >= 0.3 is 0 Å². The quantitative estimate of drug-likeness (QED) is 0.416. The predicted molar refractivity (Wildman–Crippen MR) is 126 cm³/mol. The number of nitrogens with zero attached hydrogens (tertiary/aromatic N) is 1. The van der Waals surface area contributed by atoms with Gasteiger partial charge in [-0.15, -0.1) is 11.8 Å². The highest BCUT2D eigenvalue weighted by Gasteiger charge is 2.35. The highest BCUT2D eigenvalue weighted by atomic mass is 35.5. The van der Waals surface area contributed by atoms with Crippen molar-refractivity contribution < 1.29 is 13.2 Å². The van der Waals surface area contributed by atoms with Crippen LogP contribution in [0.1, 0.15) is 5.56 Å². The molecule has 1 aliphatic rings. The average Bonchev–Trinajstić information content (AvgIpc) is 2.76. The fourth-order valence-electron chi connectivity index (χ4n) is 3.49. The van der Waals surface area contributed by atoms with E-state index >= 15 is 0 Å². The fourth-order valence-corrected chi connectivity index (χ4v) is 6.04. The number of thioether (sulfide) groups is 1. The first-order chi connectivity index (χ1) is 14.9. The van der Waals surface area contributed by atoms with Gasteiger partial charge in [-0.3, -0.25) is 9.10 Å². The molecular weight excluding hydrogens is 452 g/mol. The molecule has 0 aromatic heterocycles. The molecule has 1 N–H and O–H groups in total. The summed E-state index contributed by atoms with van der Waals surface area (Å²) in [6.45, 7) is 2.12. The molecule has 5 nitrogen and oxygen atoms in total. The number of sulfonamides is 1. The Balaban J connectivity index is 1.47. The summed E-state index contributed by atoms with van der Waals surface area (Å²) in [6, 6.07) is 20.0. The Morgan fingerprint density at radius 2 is 1.77 bits per heavy atom. The van der Waals surface area contributed by atoms with Crippen molar-refractivity contribution in [1.82, 2.24) is 5.32 Å². The molecule has 1 heterocycles. The van der Waals surface area contributed by atoms with Gasteiger partial charge in [0.25, 0.3) is 10.0 Å². The Hall–Kier alpha value is -2.48. The van der Waals surface area contributed by atoms with Crippen LogP contribution in [0.4, 0.5) is 5.69 Å². The lowest BCUT2D eigenvalue weighted by atomic mass is 10.0. The minimum absolute atomic E-state index is 0.221. The zero-order valence-electron chi connectivity index (χ0n) is 16.8. The molecule has 0 spiro atoms. The molecular formula is C23H21ClN2O3S2. The summed E-state index contributed by atoms with van der Waals surface area (Å²) in [6.07, 6.45) is 0. The predicted octanol–water partition coefficient (Wildman–Crippen LogP) is 4.73. The molecule has 0 radical (unpaired) electrons. The van der Waals surface area contributed by atoms with E-state index in [9.17, 15) is 13.2 Å². The number of nitrogens with one attached hydrogen (secondary N) is 1. The first kappa shape index (κ1) is 21.7. The van der Waals surface area contributed by atoms with Crippen LogP contribution in [0.3, 0.4) is 0 Å². The fraction of sp³-hybridized carbons (Fsp3) is 0.174. The monoisotopic (exact) mass is 472 g/mol. The first-order valence-corrected chi connectivity index (χ1v) is 12.5. The van der Waals surface area contributed by atoms with E-state index in [0.717, 1.165) is 16.0 Å². The van der Waals surface area contributed by atoms with Gasteiger partial charge in [0.05, 0.1) is 10.6 Å². The number of fused-ring (bicyclic) bond motifs is 3. The van der Waals surface area contributed by atoms with Crippen LogP contribution < -0.4 is 9.62 Å². The summed E-state index contributed by atoms with van der Waals surface area (Å²) in [7, 11) is -3.83. The third-order valence-electron chi connectivity index (χ3n) is 4.96. The average molecular weight is 473 g/mol. The molecule has 0 bridgehead atoms. The van der Waals surface area contributed by atoms with Gasteiger partial charge in [-0.1, -0.05) is 41.4 Å². The van der Waals surface area contributed by atoms with Gasteiger partial charge in [0.15, 0.2) is 0 Å². The number of aryl methyl sites for hydroxylation is 1. The molecule has 0 saturated carbocycles. The zero-order chi connectivity index (χ0) is 22.0. The molecule has 0 unspecified atom stereocenters. The second kappa shape index (κ2) is 8.94. The zero-order valence-corrected chi connectivity index (χ0v) is 19.2. The Morgan fingerprint density at radius 1 is 1.03 bits per heavy atom. The maximum atomic E-state index is 13.3. The molecule has 3 aromatic carbocycles. The Labute approximate surface area is 191 Å². The standard InChI is InChI=1S/C23H21ClN2O3S2/c1-16-6-11-21-20(14-16)19-4-2-3-5-22(19)31(28,29)26(21)15-23(27)25-12-13-30-18-9-7-17(24)8-10-18/h2-11,14H,12-13,15H2,1H3,(H,25,27). The summed E-state index contributed by atoms with van der Waals surface area (Å²) in [5, 5.41) is 3.50. The second-order valence-corrected chi connectivity index (χ2v) is 10.6. The van der Waals surface area contributed by atoms with Crippen molar-refractivity contribution in [2.75, 3.05) is 23.1 Å². The number of anilines is 1. The number of hydrogen-bond donors (Lipinski definition) is 1. The minimum Gasteiger partial charge on any atom is -0.354 e. The van der Waals surface area contributed by atoms with Crippen LogP contribution in [-0.2, 0) is 14.8 Å². The molecule has 0 fully saturated rings. The van der Waals surface area contributed by atoms with Crippen LogP contribution in [0.25, 0.3) is 11.1 Å². The van der Waals surface area contributed by atoms with Crippen molar-refractivity contribution >= 4 is 45.0 Å². The van der Waals surface area contributed by atoms with Crippen molar-refractivity contribution in [3.63, 3.8) is 0 Å². The molecule has 1 aliphatic heterocycles. The van der Waals surface area contributed by atoms with E-state index < -0.39 is 10.0 Å². The van der Waals surface area contributed by atoms with Crippen molar-refractivity contribution in [3.8, 4) is 11.1 Å². The van der Waals surface area contributed by atoms with Gasteiger partial charge in [0.2, 0.25) is 5.91 Å². The number of hydrogen-bond acceptors (Lipinski definition) is 4. The molecule has 3 aromatic rings. The highest BCUT2D eigenvalue weighted by Crippen LogP contribution is 2.43. The summed E-state index contributed by atoms with van der Waals surface area (Å²) >= 11 is 7.48. The van der Waals surface area contributed by atoms with Crippen molar-refractivity contribution in [1.29, 1.82) is 0 Å². The smallest absolute Gasteiger partial charge is 0.265 e.